The molecule has 1 amide bonds. The van der Waals surface area contributed by atoms with Crippen molar-refractivity contribution in [1.29, 1.82) is 0 Å². The zero-order chi connectivity index (χ0) is 24.6. The summed E-state index contributed by atoms with van der Waals surface area (Å²) >= 11 is 0. The number of sulfonamides is 1. The normalized spacial score (nSPS) is 11.0. The summed E-state index contributed by atoms with van der Waals surface area (Å²) in [7, 11) is -2.40. The van der Waals surface area contributed by atoms with E-state index in [2.05, 4.69) is 5.32 Å². The van der Waals surface area contributed by atoms with Crippen molar-refractivity contribution in [2.45, 2.75) is 25.2 Å². The molecule has 8 heteroatoms. The highest BCUT2D eigenvalue weighted by Crippen LogP contribution is 2.28. The monoisotopic (exact) mass is 482 g/mol. The molecule has 0 saturated carbocycles. The highest BCUT2D eigenvalue weighted by molar-refractivity contribution is 7.92. The van der Waals surface area contributed by atoms with Crippen LogP contribution in [0, 0.1) is 6.92 Å². The van der Waals surface area contributed by atoms with Gasteiger partial charge in [-0.2, -0.15) is 0 Å². The maximum atomic E-state index is 13.5. The predicted molar refractivity (Wildman–Crippen MR) is 133 cm³/mol. The first-order valence-electron chi connectivity index (χ1n) is 11.1. The fraction of sp³-hybridized carbons (Fsp3) is 0.269. The fourth-order valence-electron chi connectivity index (χ4n) is 3.47. The van der Waals surface area contributed by atoms with Crippen LogP contribution >= 0.6 is 0 Å². The van der Waals surface area contributed by atoms with Gasteiger partial charge in [-0.3, -0.25) is 9.10 Å². The van der Waals surface area contributed by atoms with E-state index in [1.807, 2.05) is 38.1 Å². The number of carbonyl (C=O) groups excluding carboxylic acids is 1. The van der Waals surface area contributed by atoms with Crippen molar-refractivity contribution in [1.82, 2.24) is 5.32 Å². The van der Waals surface area contributed by atoms with E-state index in [1.54, 1.807) is 55.6 Å². The predicted octanol–water partition coefficient (Wildman–Crippen LogP) is 3.96. The van der Waals surface area contributed by atoms with Crippen LogP contribution in [0.1, 0.15) is 18.1 Å². The van der Waals surface area contributed by atoms with E-state index in [9.17, 15) is 13.2 Å². The lowest BCUT2D eigenvalue weighted by Crippen LogP contribution is -2.42. The van der Waals surface area contributed by atoms with Crippen molar-refractivity contribution < 1.29 is 22.7 Å². The molecule has 0 aromatic heterocycles. The van der Waals surface area contributed by atoms with Gasteiger partial charge in [0.2, 0.25) is 5.91 Å². The number of methoxy groups -OCH3 is 1. The minimum absolute atomic E-state index is 0.135. The molecule has 0 unspecified atom stereocenters. The Labute approximate surface area is 201 Å². The van der Waals surface area contributed by atoms with E-state index in [0.29, 0.717) is 23.6 Å². The van der Waals surface area contributed by atoms with Gasteiger partial charge in [0, 0.05) is 0 Å². The molecule has 0 heterocycles. The molecular weight excluding hydrogens is 452 g/mol. The number of ether oxygens (including phenoxy) is 2. The largest absolute Gasteiger partial charge is 0.493 e. The molecule has 0 radical (unpaired) electrons. The molecule has 7 nitrogen and oxygen atoms in total. The van der Waals surface area contributed by atoms with Gasteiger partial charge >= 0.3 is 0 Å². The lowest BCUT2D eigenvalue weighted by Gasteiger charge is -2.26. The molecule has 0 aliphatic carbocycles. The number of hydrogen-bond donors (Lipinski definition) is 1. The van der Waals surface area contributed by atoms with E-state index < -0.39 is 15.9 Å². The van der Waals surface area contributed by atoms with Gasteiger partial charge in [0.1, 0.15) is 13.2 Å². The lowest BCUT2D eigenvalue weighted by atomic mass is 10.1. The molecule has 0 aliphatic heterocycles. The van der Waals surface area contributed by atoms with Gasteiger partial charge in [0.15, 0.2) is 11.5 Å². The van der Waals surface area contributed by atoms with Gasteiger partial charge in [0.05, 0.1) is 24.2 Å². The smallest absolute Gasteiger partial charge is 0.264 e. The van der Waals surface area contributed by atoms with Crippen LogP contribution < -0.4 is 19.1 Å². The van der Waals surface area contributed by atoms with Crippen molar-refractivity contribution in [3.8, 4) is 11.5 Å². The number of aryl methyl sites for hydroxylation is 2. The van der Waals surface area contributed by atoms with Crippen LogP contribution in [0.25, 0.3) is 0 Å². The summed E-state index contributed by atoms with van der Waals surface area (Å²) < 4.78 is 39.2. The van der Waals surface area contributed by atoms with Gasteiger partial charge < -0.3 is 14.8 Å². The number of hydrogen-bond acceptors (Lipinski definition) is 5. The summed E-state index contributed by atoms with van der Waals surface area (Å²) in [6.07, 6.45) is 0.629. The Kier molecular flexibility index (Phi) is 8.54. The zero-order valence-corrected chi connectivity index (χ0v) is 20.5. The van der Waals surface area contributed by atoms with Crippen molar-refractivity contribution in [3.63, 3.8) is 0 Å². The number of benzene rings is 3. The number of amides is 1. The van der Waals surface area contributed by atoms with Crippen molar-refractivity contribution >= 4 is 21.6 Å². The highest BCUT2D eigenvalue weighted by atomic mass is 32.2. The Morgan fingerprint density at radius 3 is 2.26 bits per heavy atom. The van der Waals surface area contributed by atoms with Gasteiger partial charge in [-0.1, -0.05) is 55.0 Å². The van der Waals surface area contributed by atoms with Crippen LogP contribution in [-0.4, -0.2) is 41.1 Å². The first kappa shape index (κ1) is 25.1. The quantitative estimate of drug-likeness (QED) is 0.418. The molecule has 3 rings (SSSR count). The van der Waals surface area contributed by atoms with Gasteiger partial charge in [0.25, 0.3) is 10.0 Å². The average molecular weight is 483 g/mol. The molecular formula is C26H30N2O5S. The average Bonchev–Trinajstić information content (AvgIpc) is 2.85. The van der Waals surface area contributed by atoms with Crippen molar-refractivity contribution in [2.75, 3.05) is 31.1 Å². The molecule has 180 valence electrons. The number of rotatable bonds is 11. The maximum absolute atomic E-state index is 13.5. The third-order valence-corrected chi connectivity index (χ3v) is 7.06. The zero-order valence-electron chi connectivity index (χ0n) is 19.7. The first-order valence-corrected chi connectivity index (χ1v) is 12.5. The summed E-state index contributed by atoms with van der Waals surface area (Å²) in [5.74, 6) is 0.741. The minimum atomic E-state index is -3.96. The number of nitrogens with one attached hydrogen (secondary N) is 1. The molecule has 0 fully saturated rings. The van der Waals surface area contributed by atoms with Crippen molar-refractivity contribution in [2.24, 2.45) is 0 Å². The Hall–Kier alpha value is -3.52. The van der Waals surface area contributed by atoms with Crippen LogP contribution in [0.3, 0.4) is 0 Å². The Bertz CT molecular complexity index is 1210. The SMILES string of the molecule is CCc1ccccc1N(CC(=O)NCCOc1ccccc1OC)S(=O)(=O)c1ccc(C)cc1. The fourth-order valence-corrected chi connectivity index (χ4v) is 4.92. The van der Waals surface area contributed by atoms with Crippen LogP contribution in [0.15, 0.2) is 77.7 Å². The molecule has 3 aromatic carbocycles. The third-order valence-electron chi connectivity index (χ3n) is 5.29. The van der Waals surface area contributed by atoms with Crippen LogP contribution in [-0.2, 0) is 21.2 Å². The number of para-hydroxylation sites is 3. The van der Waals surface area contributed by atoms with E-state index in [-0.39, 0.29) is 24.6 Å². The number of carbonyl (C=O) groups is 1. The lowest BCUT2D eigenvalue weighted by molar-refractivity contribution is -0.119. The molecule has 0 spiro atoms. The summed E-state index contributed by atoms with van der Waals surface area (Å²) in [4.78, 5) is 12.9. The standard InChI is InChI=1S/C26H30N2O5S/c1-4-21-9-5-6-10-23(21)28(34(30,31)22-15-13-20(2)14-16-22)19-26(29)27-17-18-33-25-12-8-7-11-24(25)32-3/h5-16H,4,17-19H2,1-3H3,(H,27,29). The first-order chi connectivity index (χ1) is 16.4. The van der Waals surface area contributed by atoms with E-state index in [4.69, 9.17) is 9.47 Å². The number of anilines is 1. The van der Waals surface area contributed by atoms with Crippen LogP contribution in [0.4, 0.5) is 5.69 Å². The second-order valence-electron chi connectivity index (χ2n) is 7.66. The topological polar surface area (TPSA) is 84.9 Å². The summed E-state index contributed by atoms with van der Waals surface area (Å²) in [5.41, 5.74) is 2.28. The van der Waals surface area contributed by atoms with Gasteiger partial charge in [-0.15, -0.1) is 0 Å². The molecule has 34 heavy (non-hydrogen) atoms. The molecule has 0 atom stereocenters. The van der Waals surface area contributed by atoms with E-state index >= 15 is 0 Å². The van der Waals surface area contributed by atoms with Crippen LogP contribution in [0.2, 0.25) is 0 Å². The third kappa shape index (κ3) is 6.08. The summed E-state index contributed by atoms with van der Waals surface area (Å²) in [5, 5.41) is 2.75. The van der Waals surface area contributed by atoms with Crippen LogP contribution in [0.5, 0.6) is 11.5 Å². The minimum Gasteiger partial charge on any atom is -0.493 e. The maximum Gasteiger partial charge on any atom is 0.264 e. The molecule has 1 N–H and O–H groups in total. The van der Waals surface area contributed by atoms with Gasteiger partial charge in [-0.05, 0) is 49.2 Å². The molecule has 0 aliphatic rings. The van der Waals surface area contributed by atoms with E-state index in [0.717, 1.165) is 11.1 Å². The Morgan fingerprint density at radius 2 is 1.59 bits per heavy atom. The highest BCUT2D eigenvalue weighted by Gasteiger charge is 2.28. The van der Waals surface area contributed by atoms with Crippen molar-refractivity contribution in [3.05, 3.63) is 83.9 Å². The molecule has 3 aromatic rings. The van der Waals surface area contributed by atoms with Gasteiger partial charge in [-0.25, -0.2) is 8.42 Å². The summed E-state index contributed by atoms with van der Waals surface area (Å²) in [6, 6.07) is 21.0. The number of nitrogens with zero attached hydrogens (tertiary/aromatic N) is 1. The molecule has 0 bridgehead atoms. The second kappa shape index (κ2) is 11.6. The Balaban J connectivity index is 1.75. The van der Waals surface area contributed by atoms with E-state index in [1.165, 1.54) is 4.31 Å². The molecule has 0 saturated heterocycles. The second-order valence-corrected chi connectivity index (χ2v) is 9.52. The Morgan fingerprint density at radius 1 is 0.941 bits per heavy atom. The summed E-state index contributed by atoms with van der Waals surface area (Å²) in [6.45, 7) is 3.92.